The van der Waals surface area contributed by atoms with Crippen molar-refractivity contribution in [1.82, 2.24) is 4.90 Å². The van der Waals surface area contributed by atoms with E-state index >= 15 is 0 Å². The van der Waals surface area contributed by atoms with E-state index in [9.17, 15) is 9.18 Å². The first kappa shape index (κ1) is 12.2. The highest BCUT2D eigenvalue weighted by atomic mass is 32.2. The Morgan fingerprint density at radius 3 is 2.71 bits per heavy atom. The predicted octanol–water partition coefficient (Wildman–Crippen LogP) is 1.91. The van der Waals surface area contributed by atoms with E-state index in [1.807, 2.05) is 11.8 Å². The average Bonchev–Trinajstić information content (AvgIpc) is 2.34. The van der Waals surface area contributed by atoms with E-state index in [1.165, 1.54) is 12.1 Å². The topological polar surface area (TPSA) is 46.3 Å². The fourth-order valence-corrected chi connectivity index (χ4v) is 2.79. The van der Waals surface area contributed by atoms with Crippen molar-refractivity contribution in [2.75, 3.05) is 30.3 Å². The Morgan fingerprint density at radius 2 is 2.06 bits per heavy atom. The summed E-state index contributed by atoms with van der Waals surface area (Å²) in [5, 5.41) is 0. The molecule has 0 atom stereocenters. The van der Waals surface area contributed by atoms with Crippen LogP contribution < -0.4 is 5.73 Å². The van der Waals surface area contributed by atoms with Crippen molar-refractivity contribution < 1.29 is 9.18 Å². The van der Waals surface area contributed by atoms with Gasteiger partial charge in [-0.1, -0.05) is 0 Å². The Balaban J connectivity index is 2.29. The Morgan fingerprint density at radius 1 is 1.41 bits per heavy atom. The molecule has 3 nitrogen and oxygen atoms in total. The van der Waals surface area contributed by atoms with Gasteiger partial charge in [-0.05, 0) is 24.6 Å². The van der Waals surface area contributed by atoms with Crippen LogP contribution in [0, 0.1) is 12.7 Å². The van der Waals surface area contributed by atoms with Crippen molar-refractivity contribution in [3.63, 3.8) is 0 Å². The molecule has 0 aliphatic carbocycles. The lowest BCUT2D eigenvalue weighted by Gasteiger charge is -2.26. The smallest absolute Gasteiger partial charge is 0.256 e. The van der Waals surface area contributed by atoms with Crippen molar-refractivity contribution in [3.8, 4) is 0 Å². The molecular weight excluding hydrogens is 239 g/mol. The van der Waals surface area contributed by atoms with E-state index in [-0.39, 0.29) is 11.5 Å². The Labute approximate surface area is 104 Å². The molecule has 1 aliphatic rings. The Bertz CT molecular complexity index is 444. The lowest BCUT2D eigenvalue weighted by Crippen LogP contribution is -2.38. The molecule has 1 aromatic carbocycles. The third-order valence-corrected chi connectivity index (χ3v) is 3.75. The molecule has 1 fully saturated rings. The van der Waals surface area contributed by atoms with E-state index in [2.05, 4.69) is 0 Å². The SMILES string of the molecule is Cc1cc(N)cc(C(=O)N2CCSCC2)c1F. The van der Waals surface area contributed by atoms with Crippen LogP contribution in [0.3, 0.4) is 0 Å². The third-order valence-electron chi connectivity index (χ3n) is 2.81. The molecule has 0 unspecified atom stereocenters. The molecule has 0 bridgehead atoms. The highest BCUT2D eigenvalue weighted by molar-refractivity contribution is 7.99. The summed E-state index contributed by atoms with van der Waals surface area (Å²) >= 11 is 1.81. The lowest BCUT2D eigenvalue weighted by atomic mass is 10.1. The number of amides is 1. The quantitative estimate of drug-likeness (QED) is 0.779. The fraction of sp³-hybridized carbons (Fsp3) is 0.417. The van der Waals surface area contributed by atoms with Gasteiger partial charge in [-0.3, -0.25) is 4.79 Å². The first-order valence-corrected chi connectivity index (χ1v) is 6.67. The van der Waals surface area contributed by atoms with Gasteiger partial charge in [0.1, 0.15) is 5.82 Å². The van der Waals surface area contributed by atoms with Crippen LogP contribution in [-0.2, 0) is 0 Å². The molecule has 0 radical (unpaired) electrons. The summed E-state index contributed by atoms with van der Waals surface area (Å²) in [7, 11) is 0. The number of thioether (sulfide) groups is 1. The largest absolute Gasteiger partial charge is 0.399 e. The van der Waals surface area contributed by atoms with Crippen LogP contribution >= 0.6 is 11.8 Å². The molecule has 1 aliphatic heterocycles. The highest BCUT2D eigenvalue weighted by Gasteiger charge is 2.22. The second-order valence-corrected chi connectivity index (χ2v) is 5.33. The van der Waals surface area contributed by atoms with Gasteiger partial charge in [0, 0.05) is 30.3 Å². The molecule has 1 amide bonds. The van der Waals surface area contributed by atoms with Crippen LogP contribution in [0.15, 0.2) is 12.1 Å². The number of carbonyl (C=O) groups is 1. The van der Waals surface area contributed by atoms with Crippen LogP contribution in [0.4, 0.5) is 10.1 Å². The number of aryl methyl sites for hydroxylation is 1. The molecule has 2 N–H and O–H groups in total. The van der Waals surface area contributed by atoms with Crippen LogP contribution in [0.1, 0.15) is 15.9 Å². The maximum atomic E-state index is 13.9. The van der Waals surface area contributed by atoms with Gasteiger partial charge in [0.05, 0.1) is 5.56 Å². The van der Waals surface area contributed by atoms with Gasteiger partial charge >= 0.3 is 0 Å². The average molecular weight is 254 g/mol. The molecule has 0 aromatic heterocycles. The van der Waals surface area contributed by atoms with E-state index in [0.29, 0.717) is 24.3 Å². The second-order valence-electron chi connectivity index (χ2n) is 4.10. The Hall–Kier alpha value is -1.23. The third kappa shape index (κ3) is 2.54. The minimum atomic E-state index is -0.456. The monoisotopic (exact) mass is 254 g/mol. The number of rotatable bonds is 1. The number of hydrogen-bond acceptors (Lipinski definition) is 3. The van der Waals surface area contributed by atoms with E-state index < -0.39 is 5.82 Å². The molecule has 0 spiro atoms. The van der Waals surface area contributed by atoms with Gasteiger partial charge < -0.3 is 10.6 Å². The van der Waals surface area contributed by atoms with E-state index in [0.717, 1.165) is 11.5 Å². The van der Waals surface area contributed by atoms with E-state index in [4.69, 9.17) is 5.73 Å². The zero-order valence-electron chi connectivity index (χ0n) is 9.70. The minimum Gasteiger partial charge on any atom is -0.399 e. The number of hydrogen-bond donors (Lipinski definition) is 1. The molecule has 1 saturated heterocycles. The molecule has 2 rings (SSSR count). The maximum absolute atomic E-state index is 13.9. The van der Waals surface area contributed by atoms with Gasteiger partial charge in [0.2, 0.25) is 0 Å². The summed E-state index contributed by atoms with van der Waals surface area (Å²) in [5.74, 6) is 1.11. The summed E-state index contributed by atoms with van der Waals surface area (Å²) in [6.07, 6.45) is 0. The summed E-state index contributed by atoms with van der Waals surface area (Å²) in [5.41, 5.74) is 6.59. The second kappa shape index (κ2) is 4.96. The maximum Gasteiger partial charge on any atom is 0.256 e. The highest BCUT2D eigenvalue weighted by Crippen LogP contribution is 2.20. The minimum absolute atomic E-state index is 0.0920. The number of carbonyl (C=O) groups excluding carboxylic acids is 1. The van der Waals surface area contributed by atoms with Crippen molar-refractivity contribution in [2.24, 2.45) is 0 Å². The number of benzene rings is 1. The van der Waals surface area contributed by atoms with E-state index in [1.54, 1.807) is 11.8 Å². The van der Waals surface area contributed by atoms with Gasteiger partial charge in [-0.15, -0.1) is 0 Å². The number of halogens is 1. The Kier molecular flexibility index (Phi) is 3.57. The lowest BCUT2D eigenvalue weighted by molar-refractivity contribution is 0.0767. The first-order valence-electron chi connectivity index (χ1n) is 5.52. The standard InChI is InChI=1S/C12H15FN2OS/c1-8-6-9(14)7-10(11(8)13)12(16)15-2-4-17-5-3-15/h6-7H,2-5,14H2,1H3. The molecule has 0 saturated carbocycles. The number of nitrogens with two attached hydrogens (primary N) is 1. The number of nitrogens with zero attached hydrogens (tertiary/aromatic N) is 1. The first-order chi connectivity index (χ1) is 8.09. The predicted molar refractivity (Wildman–Crippen MR) is 68.8 cm³/mol. The van der Waals surface area contributed by atoms with Crippen LogP contribution in [-0.4, -0.2) is 35.4 Å². The van der Waals surface area contributed by atoms with Gasteiger partial charge in [0.25, 0.3) is 5.91 Å². The zero-order valence-corrected chi connectivity index (χ0v) is 10.5. The number of nitrogen functional groups attached to an aromatic ring is 1. The van der Waals surface area contributed by atoms with Crippen molar-refractivity contribution in [1.29, 1.82) is 0 Å². The molecule has 92 valence electrons. The van der Waals surface area contributed by atoms with Gasteiger partial charge in [-0.2, -0.15) is 11.8 Å². The van der Waals surface area contributed by atoms with Gasteiger partial charge in [-0.25, -0.2) is 4.39 Å². The zero-order chi connectivity index (χ0) is 12.4. The van der Waals surface area contributed by atoms with Crippen LogP contribution in [0.25, 0.3) is 0 Å². The summed E-state index contributed by atoms with van der Waals surface area (Å²) in [6.45, 7) is 2.97. The summed E-state index contributed by atoms with van der Waals surface area (Å²) in [4.78, 5) is 13.8. The summed E-state index contributed by atoms with van der Waals surface area (Å²) < 4.78 is 13.9. The molecule has 5 heteroatoms. The van der Waals surface area contributed by atoms with Crippen LogP contribution in [0.5, 0.6) is 0 Å². The molecule has 1 aromatic rings. The van der Waals surface area contributed by atoms with Crippen molar-refractivity contribution in [3.05, 3.63) is 29.1 Å². The molecule has 17 heavy (non-hydrogen) atoms. The normalized spacial score (nSPS) is 16.0. The number of anilines is 1. The molecule has 1 heterocycles. The fourth-order valence-electron chi connectivity index (χ4n) is 1.89. The van der Waals surface area contributed by atoms with Crippen LogP contribution in [0.2, 0.25) is 0 Å². The molecular formula is C12H15FN2OS. The van der Waals surface area contributed by atoms with Gasteiger partial charge in [0.15, 0.2) is 0 Å². The summed E-state index contributed by atoms with van der Waals surface area (Å²) in [6, 6.07) is 2.96. The van der Waals surface area contributed by atoms with Crippen molar-refractivity contribution >= 4 is 23.4 Å². The van der Waals surface area contributed by atoms with Crippen molar-refractivity contribution in [2.45, 2.75) is 6.92 Å².